The Bertz CT molecular complexity index is 1140. The zero-order valence-electron chi connectivity index (χ0n) is 18.0. The van der Waals surface area contributed by atoms with Gasteiger partial charge in [0.05, 0.1) is 31.0 Å². The maximum absolute atomic E-state index is 13.6. The van der Waals surface area contributed by atoms with Gasteiger partial charge in [-0.2, -0.15) is 5.10 Å². The number of furan rings is 1. The molecule has 3 heterocycles. The average molecular weight is 436 g/mol. The molecule has 32 heavy (non-hydrogen) atoms. The number of amides is 2. The van der Waals surface area contributed by atoms with Gasteiger partial charge in [-0.1, -0.05) is 0 Å². The normalized spacial score (nSPS) is 17.8. The highest BCUT2D eigenvalue weighted by Crippen LogP contribution is 2.29. The number of carbonyl (C=O) groups is 2. The Balaban J connectivity index is 1.38. The molecule has 0 radical (unpaired) electrons. The van der Waals surface area contributed by atoms with E-state index in [1.54, 1.807) is 34.3 Å². The Kier molecular flexibility index (Phi) is 5.28. The molecule has 1 aliphatic carbocycles. The van der Waals surface area contributed by atoms with E-state index in [-0.39, 0.29) is 30.6 Å². The van der Waals surface area contributed by atoms with Crippen LogP contribution in [0, 0.1) is 11.7 Å². The van der Waals surface area contributed by atoms with Crippen molar-refractivity contribution in [1.29, 1.82) is 0 Å². The van der Waals surface area contributed by atoms with Crippen LogP contribution in [-0.2, 0) is 42.6 Å². The van der Waals surface area contributed by atoms with Gasteiger partial charge in [0.15, 0.2) is 0 Å². The van der Waals surface area contributed by atoms with Gasteiger partial charge in [-0.15, -0.1) is 0 Å². The van der Waals surface area contributed by atoms with Gasteiger partial charge in [0.1, 0.15) is 11.6 Å². The van der Waals surface area contributed by atoms with Crippen LogP contribution in [0.3, 0.4) is 0 Å². The minimum absolute atomic E-state index is 0.100. The van der Waals surface area contributed by atoms with E-state index in [9.17, 15) is 14.0 Å². The van der Waals surface area contributed by atoms with Gasteiger partial charge >= 0.3 is 0 Å². The minimum atomic E-state index is -0.473. The molecule has 2 aromatic heterocycles. The van der Waals surface area contributed by atoms with Crippen molar-refractivity contribution in [1.82, 2.24) is 14.7 Å². The fraction of sp³-hybridized carbons (Fsp3) is 0.375. The fourth-order valence-electron chi connectivity index (χ4n) is 4.81. The molecular weight excluding hydrogens is 411 g/mol. The number of aromatic nitrogens is 2. The molecule has 0 N–H and O–H groups in total. The van der Waals surface area contributed by atoms with E-state index in [0.717, 1.165) is 25.0 Å². The molecular formula is C24H25FN4O3. The Morgan fingerprint density at radius 3 is 2.78 bits per heavy atom. The second-order valence-corrected chi connectivity index (χ2v) is 8.50. The first-order valence-electron chi connectivity index (χ1n) is 10.9. The van der Waals surface area contributed by atoms with Crippen molar-refractivity contribution in [3.8, 4) is 0 Å². The quantitative estimate of drug-likeness (QED) is 0.595. The molecule has 0 saturated carbocycles. The number of rotatable bonds is 6. The van der Waals surface area contributed by atoms with Crippen LogP contribution in [0.5, 0.6) is 0 Å². The van der Waals surface area contributed by atoms with E-state index in [2.05, 4.69) is 5.10 Å². The molecule has 3 aromatic rings. The minimum Gasteiger partial charge on any atom is -0.467 e. The monoisotopic (exact) mass is 436 g/mol. The lowest BCUT2D eigenvalue weighted by Crippen LogP contribution is -2.37. The molecule has 0 bridgehead atoms. The molecule has 0 spiro atoms. The second-order valence-electron chi connectivity index (χ2n) is 8.50. The number of carbonyl (C=O) groups excluding carboxylic acids is 2. The summed E-state index contributed by atoms with van der Waals surface area (Å²) >= 11 is 0. The van der Waals surface area contributed by atoms with Gasteiger partial charge in [0.2, 0.25) is 11.8 Å². The van der Waals surface area contributed by atoms with E-state index < -0.39 is 5.92 Å². The number of aryl methyl sites for hydroxylation is 1. The Hall–Kier alpha value is -3.42. The van der Waals surface area contributed by atoms with Crippen LogP contribution in [0.1, 0.15) is 35.6 Å². The summed E-state index contributed by atoms with van der Waals surface area (Å²) in [5.41, 5.74) is 4.00. The third-order valence-corrected chi connectivity index (χ3v) is 6.39. The summed E-state index contributed by atoms with van der Waals surface area (Å²) in [6, 6.07) is 9.42. The SMILES string of the molecule is Cn1nc(CN(Cc2ccco2)C(=O)C2CC(=O)N(c3ccc(F)cc3)C2)c2c1CCC2. The molecule has 8 heteroatoms. The topological polar surface area (TPSA) is 71.6 Å². The third-order valence-electron chi connectivity index (χ3n) is 6.39. The predicted molar refractivity (Wildman–Crippen MR) is 115 cm³/mol. The van der Waals surface area contributed by atoms with Crippen LogP contribution in [0.4, 0.5) is 10.1 Å². The lowest BCUT2D eigenvalue weighted by atomic mass is 10.1. The molecule has 166 valence electrons. The van der Waals surface area contributed by atoms with Gasteiger partial charge < -0.3 is 14.2 Å². The predicted octanol–water partition coefficient (Wildman–Crippen LogP) is 3.22. The number of fused-ring (bicyclic) bond motifs is 1. The van der Waals surface area contributed by atoms with Crippen molar-refractivity contribution in [2.75, 3.05) is 11.4 Å². The summed E-state index contributed by atoms with van der Waals surface area (Å²) in [6.07, 6.45) is 4.80. The first-order chi connectivity index (χ1) is 15.5. The standard InChI is InChI=1S/C24H25FN4O3/c1-27-22-6-2-5-20(22)21(26-27)15-28(14-19-4-3-11-32-19)24(31)16-12-23(30)29(13-16)18-9-7-17(25)8-10-18/h3-4,7-11,16H,2,5-6,12-15H2,1H3. The Morgan fingerprint density at radius 2 is 2.03 bits per heavy atom. The van der Waals surface area contributed by atoms with E-state index in [4.69, 9.17) is 4.42 Å². The van der Waals surface area contributed by atoms with Crippen molar-refractivity contribution >= 4 is 17.5 Å². The first-order valence-corrected chi connectivity index (χ1v) is 10.9. The van der Waals surface area contributed by atoms with Gasteiger partial charge in [-0.25, -0.2) is 4.39 Å². The summed E-state index contributed by atoms with van der Waals surface area (Å²) in [5, 5.41) is 4.68. The highest BCUT2D eigenvalue weighted by atomic mass is 19.1. The van der Waals surface area contributed by atoms with E-state index in [1.165, 1.54) is 23.4 Å². The van der Waals surface area contributed by atoms with Crippen LogP contribution in [0.25, 0.3) is 0 Å². The van der Waals surface area contributed by atoms with Gasteiger partial charge in [0, 0.05) is 31.4 Å². The van der Waals surface area contributed by atoms with Crippen LogP contribution < -0.4 is 4.90 Å². The second kappa shape index (κ2) is 8.26. The maximum Gasteiger partial charge on any atom is 0.228 e. The molecule has 2 aliphatic rings. The molecule has 2 amide bonds. The number of hydrogen-bond donors (Lipinski definition) is 0. The third kappa shape index (κ3) is 3.81. The van der Waals surface area contributed by atoms with E-state index in [1.807, 2.05) is 17.8 Å². The van der Waals surface area contributed by atoms with Crippen molar-refractivity contribution in [2.24, 2.45) is 13.0 Å². The molecule has 1 aromatic carbocycles. The van der Waals surface area contributed by atoms with Crippen molar-refractivity contribution in [3.05, 3.63) is 71.2 Å². The summed E-state index contributed by atoms with van der Waals surface area (Å²) in [5.74, 6) is -0.381. The maximum atomic E-state index is 13.6. The molecule has 7 nitrogen and oxygen atoms in total. The van der Waals surface area contributed by atoms with Crippen molar-refractivity contribution in [3.63, 3.8) is 0 Å². The van der Waals surface area contributed by atoms with Crippen LogP contribution in [0.2, 0.25) is 0 Å². The van der Waals surface area contributed by atoms with Gasteiger partial charge in [-0.05, 0) is 61.2 Å². The number of nitrogens with zero attached hydrogens (tertiary/aromatic N) is 4. The molecule has 1 atom stereocenters. The lowest BCUT2D eigenvalue weighted by molar-refractivity contribution is -0.137. The van der Waals surface area contributed by atoms with Crippen LogP contribution in [-0.4, -0.2) is 33.0 Å². The van der Waals surface area contributed by atoms with Crippen molar-refractivity contribution in [2.45, 2.75) is 38.8 Å². The van der Waals surface area contributed by atoms with Gasteiger partial charge in [-0.3, -0.25) is 14.3 Å². The highest BCUT2D eigenvalue weighted by Gasteiger charge is 2.38. The van der Waals surface area contributed by atoms with Crippen molar-refractivity contribution < 1.29 is 18.4 Å². The molecule has 1 aliphatic heterocycles. The zero-order valence-corrected chi connectivity index (χ0v) is 18.0. The zero-order chi connectivity index (χ0) is 22.2. The Morgan fingerprint density at radius 1 is 1.22 bits per heavy atom. The molecule has 1 saturated heterocycles. The number of hydrogen-bond acceptors (Lipinski definition) is 4. The lowest BCUT2D eigenvalue weighted by Gasteiger charge is -2.24. The summed E-state index contributed by atoms with van der Waals surface area (Å²) in [6.45, 7) is 0.973. The van der Waals surface area contributed by atoms with E-state index >= 15 is 0 Å². The number of benzene rings is 1. The van der Waals surface area contributed by atoms with Crippen LogP contribution in [0.15, 0.2) is 47.1 Å². The molecule has 1 fully saturated rings. The summed E-state index contributed by atoms with van der Waals surface area (Å²) in [4.78, 5) is 29.5. The molecule has 5 rings (SSSR count). The fourth-order valence-corrected chi connectivity index (χ4v) is 4.81. The number of halogens is 1. The smallest absolute Gasteiger partial charge is 0.228 e. The highest BCUT2D eigenvalue weighted by molar-refractivity contribution is 6.00. The largest absolute Gasteiger partial charge is 0.467 e. The van der Waals surface area contributed by atoms with Crippen LogP contribution >= 0.6 is 0 Å². The first kappa shape index (κ1) is 20.5. The Labute approximate surface area is 185 Å². The average Bonchev–Trinajstić information content (AvgIpc) is 3.56. The molecule has 1 unspecified atom stereocenters. The van der Waals surface area contributed by atoms with Gasteiger partial charge in [0.25, 0.3) is 0 Å². The number of anilines is 1. The summed E-state index contributed by atoms with van der Waals surface area (Å²) < 4.78 is 20.7. The van der Waals surface area contributed by atoms with E-state index in [0.29, 0.717) is 24.5 Å². The summed E-state index contributed by atoms with van der Waals surface area (Å²) in [7, 11) is 1.95.